The quantitative estimate of drug-likeness (QED) is 0.704. The molecule has 0 heterocycles. The monoisotopic (exact) mass is 345 g/mol. The zero-order valence-corrected chi connectivity index (χ0v) is 13.4. The Hall–Kier alpha value is -2.37. The van der Waals surface area contributed by atoms with Gasteiger partial charge < -0.3 is 10.4 Å². The van der Waals surface area contributed by atoms with Crippen LogP contribution in [0.3, 0.4) is 0 Å². The predicted molar refractivity (Wildman–Crippen MR) is 92.1 cm³/mol. The summed E-state index contributed by atoms with van der Waals surface area (Å²) in [7, 11) is 0. The zero-order valence-electron chi connectivity index (χ0n) is 13.4. The van der Waals surface area contributed by atoms with Gasteiger partial charge in [-0.05, 0) is 34.0 Å². The van der Waals surface area contributed by atoms with Gasteiger partial charge in [-0.2, -0.15) is 13.2 Å². The molecule has 3 rings (SSSR count). The van der Waals surface area contributed by atoms with Crippen LogP contribution in [0.2, 0.25) is 0 Å². The number of aliphatic hydroxyl groups is 1. The van der Waals surface area contributed by atoms with Crippen LogP contribution in [0.1, 0.15) is 22.8 Å². The van der Waals surface area contributed by atoms with Crippen LogP contribution in [0.25, 0.3) is 10.8 Å². The van der Waals surface area contributed by atoms with Crippen molar-refractivity contribution in [3.05, 3.63) is 83.4 Å². The highest BCUT2D eigenvalue weighted by atomic mass is 19.4. The summed E-state index contributed by atoms with van der Waals surface area (Å²) < 4.78 is 38.1. The molecule has 2 nitrogen and oxygen atoms in total. The largest absolute Gasteiger partial charge is 0.416 e. The van der Waals surface area contributed by atoms with E-state index in [9.17, 15) is 18.3 Å². The molecule has 1 unspecified atom stereocenters. The van der Waals surface area contributed by atoms with Crippen LogP contribution >= 0.6 is 0 Å². The molecule has 0 bridgehead atoms. The smallest absolute Gasteiger partial charge is 0.387 e. The number of rotatable bonds is 5. The van der Waals surface area contributed by atoms with E-state index in [1.807, 2.05) is 42.5 Å². The molecule has 0 aliphatic heterocycles. The Bertz CT molecular complexity index is 861. The van der Waals surface area contributed by atoms with Gasteiger partial charge in [-0.1, -0.05) is 54.6 Å². The minimum atomic E-state index is -4.35. The molecule has 25 heavy (non-hydrogen) atoms. The van der Waals surface area contributed by atoms with Gasteiger partial charge in [-0.3, -0.25) is 0 Å². The number of nitrogens with one attached hydrogen (secondary N) is 1. The lowest BCUT2D eigenvalue weighted by Crippen LogP contribution is -2.21. The first-order chi connectivity index (χ1) is 11.9. The van der Waals surface area contributed by atoms with Crippen molar-refractivity contribution >= 4 is 10.8 Å². The van der Waals surface area contributed by atoms with Crippen LogP contribution in [0.5, 0.6) is 0 Å². The number of hydrogen-bond acceptors (Lipinski definition) is 2. The van der Waals surface area contributed by atoms with Gasteiger partial charge in [0.2, 0.25) is 0 Å². The Labute approximate surface area is 143 Å². The van der Waals surface area contributed by atoms with Crippen LogP contribution in [0, 0.1) is 0 Å². The van der Waals surface area contributed by atoms with Crippen LogP contribution in [-0.4, -0.2) is 11.7 Å². The molecule has 0 aromatic heterocycles. The van der Waals surface area contributed by atoms with Crippen molar-refractivity contribution in [1.82, 2.24) is 5.32 Å². The summed E-state index contributed by atoms with van der Waals surface area (Å²) in [6.45, 7) is 0.517. The van der Waals surface area contributed by atoms with Crippen LogP contribution in [0.15, 0.2) is 66.7 Å². The molecule has 0 saturated heterocycles. The van der Waals surface area contributed by atoms with Gasteiger partial charge in [0, 0.05) is 13.1 Å². The number of benzene rings is 3. The highest BCUT2D eigenvalue weighted by Crippen LogP contribution is 2.29. The lowest BCUT2D eigenvalue weighted by molar-refractivity contribution is -0.137. The Morgan fingerprint density at radius 1 is 0.880 bits per heavy atom. The Morgan fingerprint density at radius 3 is 2.40 bits per heavy atom. The number of hydrogen-bond donors (Lipinski definition) is 2. The molecule has 130 valence electrons. The van der Waals surface area contributed by atoms with Gasteiger partial charge >= 0.3 is 6.18 Å². The van der Waals surface area contributed by atoms with Gasteiger partial charge in [-0.25, -0.2) is 0 Å². The van der Waals surface area contributed by atoms with E-state index in [-0.39, 0.29) is 13.1 Å². The molecule has 0 fully saturated rings. The minimum absolute atomic E-state index is 0.258. The maximum Gasteiger partial charge on any atom is 0.416 e. The summed E-state index contributed by atoms with van der Waals surface area (Å²) >= 11 is 0. The fourth-order valence-corrected chi connectivity index (χ4v) is 2.74. The topological polar surface area (TPSA) is 32.3 Å². The SMILES string of the molecule is OC(CNCc1cccc(C(F)(F)F)c1)c1ccc2ccccc2c1. The fourth-order valence-electron chi connectivity index (χ4n) is 2.74. The van der Waals surface area contributed by atoms with E-state index in [0.29, 0.717) is 5.56 Å². The first-order valence-electron chi connectivity index (χ1n) is 7.97. The molecule has 2 N–H and O–H groups in total. The first-order valence-corrected chi connectivity index (χ1v) is 7.97. The fraction of sp³-hybridized carbons (Fsp3) is 0.200. The van der Waals surface area contributed by atoms with Gasteiger partial charge in [0.1, 0.15) is 0 Å². The van der Waals surface area contributed by atoms with E-state index >= 15 is 0 Å². The Kier molecular flexibility index (Phi) is 5.06. The normalized spacial score (nSPS) is 13.1. The van der Waals surface area contributed by atoms with Crippen molar-refractivity contribution in [2.24, 2.45) is 0 Å². The van der Waals surface area contributed by atoms with E-state index in [4.69, 9.17) is 0 Å². The molecular formula is C20H18F3NO. The Balaban J connectivity index is 1.61. The molecule has 3 aromatic carbocycles. The van der Waals surface area contributed by atoms with E-state index in [2.05, 4.69) is 5.32 Å². The molecule has 0 amide bonds. The lowest BCUT2D eigenvalue weighted by Gasteiger charge is -2.14. The van der Waals surface area contributed by atoms with Gasteiger partial charge in [0.25, 0.3) is 0 Å². The summed E-state index contributed by atoms with van der Waals surface area (Å²) in [5, 5.41) is 15.4. The standard InChI is InChI=1S/C20H18F3NO/c21-20(22,23)18-7-3-4-14(10-18)12-24-13-19(25)17-9-8-15-5-1-2-6-16(15)11-17/h1-11,19,24-25H,12-13H2. The van der Waals surface area contributed by atoms with Gasteiger partial charge in [0.15, 0.2) is 0 Å². The summed E-state index contributed by atoms with van der Waals surface area (Å²) in [6, 6.07) is 18.8. The molecule has 1 atom stereocenters. The van der Waals surface area contributed by atoms with Crippen LogP contribution in [0.4, 0.5) is 13.2 Å². The van der Waals surface area contributed by atoms with E-state index in [1.54, 1.807) is 6.07 Å². The molecule has 0 spiro atoms. The summed E-state index contributed by atoms with van der Waals surface area (Å²) in [6.07, 6.45) is -5.07. The predicted octanol–water partition coefficient (Wildman–Crippen LogP) is 4.68. The van der Waals surface area contributed by atoms with Crippen molar-refractivity contribution in [3.8, 4) is 0 Å². The molecule has 0 aliphatic rings. The van der Waals surface area contributed by atoms with Crippen LogP contribution in [-0.2, 0) is 12.7 Å². The van der Waals surface area contributed by atoms with E-state index < -0.39 is 17.8 Å². The van der Waals surface area contributed by atoms with Crippen molar-refractivity contribution in [3.63, 3.8) is 0 Å². The van der Waals surface area contributed by atoms with Crippen molar-refractivity contribution < 1.29 is 18.3 Å². The van der Waals surface area contributed by atoms with E-state index in [0.717, 1.165) is 28.5 Å². The van der Waals surface area contributed by atoms with Gasteiger partial charge in [-0.15, -0.1) is 0 Å². The first kappa shape index (κ1) is 17.5. The molecular weight excluding hydrogens is 327 g/mol. The highest BCUT2D eigenvalue weighted by molar-refractivity contribution is 5.83. The molecule has 0 aliphatic carbocycles. The number of alkyl halides is 3. The number of aliphatic hydroxyl groups excluding tert-OH is 1. The second-order valence-corrected chi connectivity index (χ2v) is 5.95. The average molecular weight is 345 g/mol. The Morgan fingerprint density at radius 2 is 1.64 bits per heavy atom. The summed E-state index contributed by atoms with van der Waals surface area (Å²) in [5.74, 6) is 0. The molecule has 3 aromatic rings. The van der Waals surface area contributed by atoms with Crippen molar-refractivity contribution in [2.45, 2.75) is 18.8 Å². The number of halogens is 3. The average Bonchev–Trinajstić information content (AvgIpc) is 2.61. The summed E-state index contributed by atoms with van der Waals surface area (Å²) in [5.41, 5.74) is 0.637. The van der Waals surface area contributed by atoms with Crippen molar-refractivity contribution in [2.75, 3.05) is 6.54 Å². The number of fused-ring (bicyclic) bond motifs is 1. The molecule has 5 heteroatoms. The lowest BCUT2D eigenvalue weighted by atomic mass is 10.0. The summed E-state index contributed by atoms with van der Waals surface area (Å²) in [4.78, 5) is 0. The third-order valence-electron chi connectivity index (χ3n) is 4.08. The minimum Gasteiger partial charge on any atom is -0.387 e. The van der Waals surface area contributed by atoms with Crippen molar-refractivity contribution in [1.29, 1.82) is 0 Å². The second kappa shape index (κ2) is 7.25. The highest BCUT2D eigenvalue weighted by Gasteiger charge is 2.30. The van der Waals surface area contributed by atoms with E-state index in [1.165, 1.54) is 6.07 Å². The maximum absolute atomic E-state index is 12.7. The third-order valence-corrected chi connectivity index (χ3v) is 4.08. The molecule has 0 radical (unpaired) electrons. The second-order valence-electron chi connectivity index (χ2n) is 5.95. The zero-order chi connectivity index (χ0) is 17.9. The molecule has 0 saturated carbocycles. The third kappa shape index (κ3) is 4.38. The van der Waals surface area contributed by atoms with Gasteiger partial charge in [0.05, 0.1) is 11.7 Å². The maximum atomic E-state index is 12.7. The van der Waals surface area contributed by atoms with Crippen LogP contribution < -0.4 is 5.32 Å².